The second-order valence-corrected chi connectivity index (χ2v) is 3.26. The van der Waals surface area contributed by atoms with E-state index in [-0.39, 0.29) is 5.69 Å². The van der Waals surface area contributed by atoms with Crippen LogP contribution in [0.4, 0.5) is 0 Å². The normalized spacial score (nSPS) is 10.4. The van der Waals surface area contributed by atoms with Gasteiger partial charge in [-0.2, -0.15) is 5.10 Å². The number of esters is 1. The van der Waals surface area contributed by atoms with Gasteiger partial charge < -0.3 is 9.15 Å². The average Bonchev–Trinajstić information content (AvgIpc) is 2.83. The highest BCUT2D eigenvalue weighted by molar-refractivity contribution is 5.88. The monoisotopic (exact) mass is 221 g/mol. The molecule has 6 heteroatoms. The van der Waals surface area contributed by atoms with Crippen molar-refractivity contribution < 1.29 is 13.9 Å². The number of hydrogen-bond acceptors (Lipinski definition) is 5. The zero-order chi connectivity index (χ0) is 11.7. The van der Waals surface area contributed by atoms with Crippen molar-refractivity contribution in [3.63, 3.8) is 0 Å². The second-order valence-electron chi connectivity index (χ2n) is 3.26. The maximum atomic E-state index is 11.3. The Balaban J connectivity index is 2.46. The van der Waals surface area contributed by atoms with Gasteiger partial charge in [0, 0.05) is 13.2 Å². The number of aromatic nitrogens is 3. The fourth-order valence-corrected chi connectivity index (χ4v) is 1.38. The molecule has 0 fully saturated rings. The Morgan fingerprint density at radius 2 is 2.31 bits per heavy atom. The molecule has 84 valence electrons. The van der Waals surface area contributed by atoms with Crippen molar-refractivity contribution in [1.29, 1.82) is 0 Å². The SMILES string of the molecule is COC(=O)c1nc(-c2ccnn2C)oc1C. The first-order chi connectivity index (χ1) is 7.63. The Morgan fingerprint density at radius 3 is 2.88 bits per heavy atom. The summed E-state index contributed by atoms with van der Waals surface area (Å²) in [6.07, 6.45) is 1.63. The molecule has 0 saturated heterocycles. The summed E-state index contributed by atoms with van der Waals surface area (Å²) in [6, 6.07) is 1.76. The molecule has 0 aromatic carbocycles. The molecule has 0 spiro atoms. The molecule has 0 radical (unpaired) electrons. The van der Waals surface area contributed by atoms with Crippen LogP contribution in [0.2, 0.25) is 0 Å². The van der Waals surface area contributed by atoms with Crippen LogP contribution >= 0.6 is 0 Å². The van der Waals surface area contributed by atoms with E-state index in [0.29, 0.717) is 17.3 Å². The van der Waals surface area contributed by atoms with Crippen molar-refractivity contribution in [2.75, 3.05) is 7.11 Å². The number of rotatable bonds is 2. The summed E-state index contributed by atoms with van der Waals surface area (Å²) >= 11 is 0. The van der Waals surface area contributed by atoms with Crippen LogP contribution in [0.1, 0.15) is 16.2 Å². The van der Waals surface area contributed by atoms with E-state index in [4.69, 9.17) is 4.42 Å². The van der Waals surface area contributed by atoms with E-state index < -0.39 is 5.97 Å². The maximum Gasteiger partial charge on any atom is 0.360 e. The molecule has 6 nitrogen and oxygen atoms in total. The van der Waals surface area contributed by atoms with Crippen molar-refractivity contribution in [3.05, 3.63) is 23.7 Å². The summed E-state index contributed by atoms with van der Waals surface area (Å²) in [5, 5.41) is 4.00. The maximum absolute atomic E-state index is 11.3. The predicted molar refractivity (Wildman–Crippen MR) is 54.8 cm³/mol. The van der Waals surface area contributed by atoms with Crippen LogP contribution < -0.4 is 0 Å². The zero-order valence-corrected chi connectivity index (χ0v) is 9.22. The molecule has 16 heavy (non-hydrogen) atoms. The molecule has 0 amide bonds. The van der Waals surface area contributed by atoms with E-state index in [1.807, 2.05) is 0 Å². The first-order valence-corrected chi connectivity index (χ1v) is 4.67. The van der Waals surface area contributed by atoms with E-state index in [2.05, 4.69) is 14.8 Å². The largest absolute Gasteiger partial charge is 0.464 e. The van der Waals surface area contributed by atoms with Crippen LogP contribution in [0.25, 0.3) is 11.6 Å². The number of hydrogen-bond donors (Lipinski definition) is 0. The van der Waals surface area contributed by atoms with Crippen LogP contribution in [0.5, 0.6) is 0 Å². The van der Waals surface area contributed by atoms with E-state index in [1.165, 1.54) is 7.11 Å². The third-order valence-corrected chi connectivity index (χ3v) is 2.22. The Labute approximate surface area is 91.8 Å². The molecule has 0 unspecified atom stereocenters. The topological polar surface area (TPSA) is 70.2 Å². The molecule has 0 aliphatic heterocycles. The van der Waals surface area contributed by atoms with Crippen molar-refractivity contribution in [1.82, 2.24) is 14.8 Å². The van der Waals surface area contributed by atoms with Crippen LogP contribution in [-0.4, -0.2) is 27.8 Å². The summed E-state index contributed by atoms with van der Waals surface area (Å²) in [7, 11) is 3.08. The van der Waals surface area contributed by atoms with Gasteiger partial charge in [-0.1, -0.05) is 0 Å². The quantitative estimate of drug-likeness (QED) is 0.712. The summed E-state index contributed by atoms with van der Waals surface area (Å²) in [5.41, 5.74) is 0.900. The number of ether oxygens (including phenoxy) is 1. The number of oxazole rings is 1. The summed E-state index contributed by atoms with van der Waals surface area (Å²) < 4.78 is 11.6. The Kier molecular flexibility index (Phi) is 2.47. The summed E-state index contributed by atoms with van der Waals surface area (Å²) in [4.78, 5) is 15.4. The van der Waals surface area contributed by atoms with Crippen molar-refractivity contribution >= 4 is 5.97 Å². The minimum Gasteiger partial charge on any atom is -0.464 e. The van der Waals surface area contributed by atoms with Gasteiger partial charge in [0.25, 0.3) is 0 Å². The lowest BCUT2D eigenvalue weighted by molar-refractivity contribution is 0.0593. The van der Waals surface area contributed by atoms with Crippen LogP contribution in [-0.2, 0) is 11.8 Å². The molecule has 0 N–H and O–H groups in total. The lowest BCUT2D eigenvalue weighted by Crippen LogP contribution is -2.03. The van der Waals surface area contributed by atoms with Gasteiger partial charge in [0.1, 0.15) is 11.5 Å². The fourth-order valence-electron chi connectivity index (χ4n) is 1.38. The van der Waals surface area contributed by atoms with E-state index >= 15 is 0 Å². The molecular weight excluding hydrogens is 210 g/mol. The molecule has 2 rings (SSSR count). The van der Waals surface area contributed by atoms with Gasteiger partial charge in [-0.25, -0.2) is 9.78 Å². The molecule has 0 saturated carbocycles. The van der Waals surface area contributed by atoms with Gasteiger partial charge in [0.2, 0.25) is 5.89 Å². The van der Waals surface area contributed by atoms with Crippen LogP contribution in [0.15, 0.2) is 16.7 Å². The van der Waals surface area contributed by atoms with E-state index in [1.54, 1.807) is 30.9 Å². The fraction of sp³-hybridized carbons (Fsp3) is 0.300. The predicted octanol–water partition coefficient (Wildman–Crippen LogP) is 1.17. The van der Waals surface area contributed by atoms with Crippen molar-refractivity contribution in [2.24, 2.45) is 7.05 Å². The molecular formula is C10H11N3O3. The highest BCUT2D eigenvalue weighted by Gasteiger charge is 2.19. The Hall–Kier alpha value is -2.11. The van der Waals surface area contributed by atoms with Crippen LogP contribution in [0.3, 0.4) is 0 Å². The lowest BCUT2D eigenvalue weighted by atomic mass is 10.4. The van der Waals surface area contributed by atoms with Gasteiger partial charge in [-0.3, -0.25) is 4.68 Å². The van der Waals surface area contributed by atoms with Crippen LogP contribution in [0, 0.1) is 6.92 Å². The molecule has 0 aliphatic rings. The van der Waals surface area contributed by atoms with Gasteiger partial charge >= 0.3 is 5.97 Å². The Bertz CT molecular complexity index is 527. The first kappa shape index (κ1) is 10.4. The van der Waals surface area contributed by atoms with Gasteiger partial charge in [0.05, 0.1) is 7.11 Å². The molecule has 0 bridgehead atoms. The highest BCUT2D eigenvalue weighted by atomic mass is 16.5. The van der Waals surface area contributed by atoms with E-state index in [0.717, 1.165) is 0 Å². The zero-order valence-electron chi connectivity index (χ0n) is 9.22. The van der Waals surface area contributed by atoms with Gasteiger partial charge in [-0.05, 0) is 13.0 Å². The summed E-state index contributed by atoms with van der Waals surface area (Å²) in [5.74, 6) is 0.288. The molecule has 0 atom stereocenters. The number of carbonyl (C=O) groups excluding carboxylic acids is 1. The molecule has 2 aromatic heterocycles. The number of nitrogens with zero attached hydrogens (tertiary/aromatic N) is 3. The minimum atomic E-state index is -0.505. The lowest BCUT2D eigenvalue weighted by Gasteiger charge is -1.94. The number of methoxy groups -OCH3 is 1. The first-order valence-electron chi connectivity index (χ1n) is 4.67. The van der Waals surface area contributed by atoms with Crippen molar-refractivity contribution in [2.45, 2.75) is 6.92 Å². The molecule has 2 heterocycles. The van der Waals surface area contributed by atoms with Crippen molar-refractivity contribution in [3.8, 4) is 11.6 Å². The third-order valence-electron chi connectivity index (χ3n) is 2.22. The average molecular weight is 221 g/mol. The molecule has 0 aliphatic carbocycles. The number of aryl methyl sites for hydroxylation is 2. The van der Waals surface area contributed by atoms with E-state index in [9.17, 15) is 4.79 Å². The minimum absolute atomic E-state index is 0.193. The highest BCUT2D eigenvalue weighted by Crippen LogP contribution is 2.21. The smallest absolute Gasteiger partial charge is 0.360 e. The number of carbonyl (C=O) groups is 1. The Morgan fingerprint density at radius 1 is 1.56 bits per heavy atom. The van der Waals surface area contributed by atoms with Gasteiger partial charge in [0.15, 0.2) is 5.69 Å². The standard InChI is InChI=1S/C10H11N3O3/c1-6-8(10(14)15-3)12-9(16-6)7-4-5-11-13(7)2/h4-5H,1-3H3. The molecule has 2 aromatic rings. The third kappa shape index (κ3) is 1.58. The second kappa shape index (κ2) is 3.80. The summed E-state index contributed by atoms with van der Waals surface area (Å²) in [6.45, 7) is 1.67. The van der Waals surface area contributed by atoms with Gasteiger partial charge in [-0.15, -0.1) is 0 Å².